The average molecular weight is 277 g/mol. The van der Waals surface area contributed by atoms with Crippen molar-refractivity contribution in [3.05, 3.63) is 51.0 Å². The standard InChI is InChI=1S/C12H11F4NO2/c1-7(2)11(17(18)19)5-8-3-4-9(13)6-10(8)12(14,15)16/h3-7H,1-2H3/b11-5-. The van der Waals surface area contributed by atoms with Crippen LogP contribution in [-0.4, -0.2) is 4.92 Å². The maximum atomic E-state index is 12.9. The molecule has 0 aliphatic rings. The lowest BCUT2D eigenvalue weighted by Gasteiger charge is -2.11. The molecule has 7 heteroatoms. The van der Waals surface area contributed by atoms with E-state index in [1.807, 2.05) is 0 Å². The van der Waals surface area contributed by atoms with Crippen molar-refractivity contribution in [2.45, 2.75) is 20.0 Å². The number of allylic oxidation sites excluding steroid dienone is 1. The van der Waals surface area contributed by atoms with Gasteiger partial charge in [0.25, 0.3) is 0 Å². The molecule has 0 aliphatic heterocycles. The Balaban J connectivity index is 3.43. The Morgan fingerprint density at radius 2 is 1.95 bits per heavy atom. The molecule has 104 valence electrons. The van der Waals surface area contributed by atoms with Crippen LogP contribution in [0.5, 0.6) is 0 Å². The average Bonchev–Trinajstić information content (AvgIpc) is 2.24. The third-order valence-corrected chi connectivity index (χ3v) is 2.43. The van der Waals surface area contributed by atoms with Gasteiger partial charge in [0.05, 0.1) is 10.5 Å². The number of nitro groups is 1. The zero-order valence-corrected chi connectivity index (χ0v) is 10.2. The van der Waals surface area contributed by atoms with Gasteiger partial charge in [-0.3, -0.25) is 10.1 Å². The Morgan fingerprint density at radius 3 is 2.37 bits per heavy atom. The highest BCUT2D eigenvalue weighted by Gasteiger charge is 2.34. The molecule has 0 atom stereocenters. The molecule has 0 fully saturated rings. The van der Waals surface area contributed by atoms with Gasteiger partial charge >= 0.3 is 6.18 Å². The van der Waals surface area contributed by atoms with Gasteiger partial charge < -0.3 is 0 Å². The van der Waals surface area contributed by atoms with Crippen LogP contribution in [0.1, 0.15) is 25.0 Å². The molecule has 1 aromatic rings. The van der Waals surface area contributed by atoms with E-state index >= 15 is 0 Å². The summed E-state index contributed by atoms with van der Waals surface area (Å²) in [5.74, 6) is -1.60. The summed E-state index contributed by atoms with van der Waals surface area (Å²) in [5, 5.41) is 10.8. The van der Waals surface area contributed by atoms with Crippen LogP contribution in [0.4, 0.5) is 17.6 Å². The van der Waals surface area contributed by atoms with Gasteiger partial charge in [-0.2, -0.15) is 13.2 Å². The van der Waals surface area contributed by atoms with E-state index in [0.717, 1.165) is 18.2 Å². The van der Waals surface area contributed by atoms with E-state index in [-0.39, 0.29) is 5.70 Å². The van der Waals surface area contributed by atoms with Crippen LogP contribution in [-0.2, 0) is 6.18 Å². The first-order valence-electron chi connectivity index (χ1n) is 5.35. The first-order valence-corrected chi connectivity index (χ1v) is 5.35. The molecule has 0 heterocycles. The number of rotatable bonds is 3. The van der Waals surface area contributed by atoms with Gasteiger partial charge in [-0.15, -0.1) is 0 Å². The summed E-state index contributed by atoms with van der Waals surface area (Å²) in [4.78, 5) is 10.0. The summed E-state index contributed by atoms with van der Waals surface area (Å²) in [6, 6.07) is 2.03. The lowest BCUT2D eigenvalue weighted by Crippen LogP contribution is -2.10. The van der Waals surface area contributed by atoms with E-state index in [0.29, 0.717) is 6.07 Å². The maximum Gasteiger partial charge on any atom is 0.417 e. The fourth-order valence-corrected chi connectivity index (χ4v) is 1.49. The van der Waals surface area contributed by atoms with Crippen LogP contribution in [0.3, 0.4) is 0 Å². The van der Waals surface area contributed by atoms with Gasteiger partial charge in [0, 0.05) is 12.0 Å². The first-order chi connectivity index (χ1) is 8.62. The van der Waals surface area contributed by atoms with E-state index in [1.54, 1.807) is 0 Å². The third kappa shape index (κ3) is 3.77. The van der Waals surface area contributed by atoms with Gasteiger partial charge in [-0.05, 0) is 17.7 Å². The Kier molecular flexibility index (Phi) is 4.28. The van der Waals surface area contributed by atoms with Crippen molar-refractivity contribution in [3.63, 3.8) is 0 Å². The number of alkyl halides is 3. The molecular weight excluding hydrogens is 266 g/mol. The molecule has 0 aromatic heterocycles. The third-order valence-electron chi connectivity index (χ3n) is 2.43. The van der Waals surface area contributed by atoms with E-state index in [4.69, 9.17) is 0 Å². The number of nitrogens with zero attached hydrogens (tertiary/aromatic N) is 1. The van der Waals surface area contributed by atoms with Crippen molar-refractivity contribution in [3.8, 4) is 0 Å². The lowest BCUT2D eigenvalue weighted by atomic mass is 10.0. The Morgan fingerprint density at radius 1 is 1.37 bits per heavy atom. The van der Waals surface area contributed by atoms with Crippen LogP contribution in [0, 0.1) is 21.8 Å². The summed E-state index contributed by atoms with van der Waals surface area (Å²) in [6.45, 7) is 2.98. The summed E-state index contributed by atoms with van der Waals surface area (Å²) in [5.41, 5.74) is -2.01. The Bertz CT molecular complexity index is 521. The molecule has 0 N–H and O–H groups in total. The highest BCUT2D eigenvalue weighted by atomic mass is 19.4. The van der Waals surface area contributed by atoms with Crippen LogP contribution < -0.4 is 0 Å². The minimum atomic E-state index is -4.77. The van der Waals surface area contributed by atoms with E-state index in [1.165, 1.54) is 13.8 Å². The quantitative estimate of drug-likeness (QED) is 0.474. The minimum Gasteiger partial charge on any atom is -0.259 e. The minimum absolute atomic E-state index is 0.323. The molecule has 3 nitrogen and oxygen atoms in total. The summed E-state index contributed by atoms with van der Waals surface area (Å²) in [6.07, 6.45) is -3.94. The molecule has 19 heavy (non-hydrogen) atoms. The van der Waals surface area contributed by atoms with E-state index < -0.39 is 34.0 Å². The molecule has 0 saturated heterocycles. The second-order valence-electron chi connectivity index (χ2n) is 4.21. The number of halogens is 4. The van der Waals surface area contributed by atoms with Crippen LogP contribution in [0.25, 0.3) is 6.08 Å². The van der Waals surface area contributed by atoms with Gasteiger partial charge in [0.1, 0.15) is 5.82 Å². The summed E-state index contributed by atoms with van der Waals surface area (Å²) in [7, 11) is 0. The molecular formula is C12H11F4NO2. The van der Waals surface area contributed by atoms with Gasteiger partial charge in [-0.1, -0.05) is 19.9 Å². The van der Waals surface area contributed by atoms with Crippen molar-refractivity contribution in [2.24, 2.45) is 5.92 Å². The van der Waals surface area contributed by atoms with Crippen molar-refractivity contribution >= 4 is 6.08 Å². The summed E-state index contributed by atoms with van der Waals surface area (Å²) >= 11 is 0. The molecule has 0 amide bonds. The molecule has 1 rings (SSSR count). The highest BCUT2D eigenvalue weighted by Crippen LogP contribution is 2.34. The van der Waals surface area contributed by atoms with Crippen molar-refractivity contribution in [1.29, 1.82) is 0 Å². The molecule has 1 aromatic carbocycles. The molecule has 0 bridgehead atoms. The Labute approximate surface area is 106 Å². The monoisotopic (exact) mass is 277 g/mol. The summed E-state index contributed by atoms with van der Waals surface area (Å²) < 4.78 is 51.0. The van der Waals surface area contributed by atoms with E-state index in [9.17, 15) is 27.7 Å². The zero-order valence-electron chi connectivity index (χ0n) is 10.2. The number of hydrogen-bond acceptors (Lipinski definition) is 2. The normalized spacial score (nSPS) is 12.9. The zero-order chi connectivity index (χ0) is 14.8. The number of hydrogen-bond donors (Lipinski definition) is 0. The van der Waals surface area contributed by atoms with Crippen LogP contribution >= 0.6 is 0 Å². The second-order valence-corrected chi connectivity index (χ2v) is 4.21. The van der Waals surface area contributed by atoms with Gasteiger partial charge in [0.15, 0.2) is 0 Å². The van der Waals surface area contributed by atoms with Crippen molar-refractivity contribution < 1.29 is 22.5 Å². The molecule has 0 saturated carbocycles. The fraction of sp³-hybridized carbons (Fsp3) is 0.333. The van der Waals surface area contributed by atoms with E-state index in [2.05, 4.69) is 0 Å². The first kappa shape index (κ1) is 15.1. The second kappa shape index (κ2) is 5.38. The molecule has 0 aliphatic carbocycles. The predicted molar refractivity (Wildman–Crippen MR) is 61.2 cm³/mol. The van der Waals surface area contributed by atoms with Crippen LogP contribution in [0.2, 0.25) is 0 Å². The highest BCUT2D eigenvalue weighted by molar-refractivity contribution is 5.56. The van der Waals surface area contributed by atoms with Crippen LogP contribution in [0.15, 0.2) is 23.9 Å². The maximum absolute atomic E-state index is 12.9. The lowest BCUT2D eigenvalue weighted by molar-refractivity contribution is -0.431. The molecule has 0 spiro atoms. The van der Waals surface area contributed by atoms with Crippen molar-refractivity contribution in [1.82, 2.24) is 0 Å². The SMILES string of the molecule is CC(C)/C(=C/c1ccc(F)cc1C(F)(F)F)[N+](=O)[O-]. The molecule has 0 unspecified atom stereocenters. The van der Waals surface area contributed by atoms with Gasteiger partial charge in [0.2, 0.25) is 5.70 Å². The van der Waals surface area contributed by atoms with Gasteiger partial charge in [-0.25, -0.2) is 4.39 Å². The Hall–Kier alpha value is -1.92. The largest absolute Gasteiger partial charge is 0.417 e. The molecule has 0 radical (unpaired) electrons. The topological polar surface area (TPSA) is 43.1 Å². The fourth-order valence-electron chi connectivity index (χ4n) is 1.49. The smallest absolute Gasteiger partial charge is 0.259 e. The predicted octanol–water partition coefficient (Wildman–Crippen LogP) is 4.12. The van der Waals surface area contributed by atoms with Crippen molar-refractivity contribution in [2.75, 3.05) is 0 Å². The number of benzene rings is 1.